The molecule has 0 spiro atoms. The Morgan fingerprint density at radius 1 is 0.269 bits per heavy atom. The largest absolute Gasteiger partial charge is 0.462 e. The second kappa shape index (κ2) is 65.1. The van der Waals surface area contributed by atoms with E-state index in [-0.39, 0.29) is 31.1 Å². The summed E-state index contributed by atoms with van der Waals surface area (Å²) in [5.74, 6) is -0.940. The van der Waals surface area contributed by atoms with Crippen LogP contribution in [0.2, 0.25) is 0 Å². The topological polar surface area (TPSA) is 78.9 Å². The molecule has 0 rings (SSSR count). The number of esters is 3. The van der Waals surface area contributed by atoms with Crippen molar-refractivity contribution in [1.82, 2.24) is 0 Å². The zero-order chi connectivity index (χ0) is 56.4. The SMILES string of the molecule is CC/C=C\C/C=C\C/C=C\C/C=C\C/C=C\C/C=C\C/C=C\C/C=C\C/C=C\CCCCCC(=O)OCC(COC(=O)CCCCCCC/C=C\C/C=C\CCCC)OC(=O)CCCCCCCCCCCCCCCCC. The summed E-state index contributed by atoms with van der Waals surface area (Å²) in [7, 11) is 0. The first-order chi connectivity index (χ1) is 38.5. The molecule has 0 fully saturated rings. The van der Waals surface area contributed by atoms with E-state index in [9.17, 15) is 14.4 Å². The van der Waals surface area contributed by atoms with Crippen LogP contribution in [0.4, 0.5) is 0 Å². The predicted molar refractivity (Wildman–Crippen MR) is 339 cm³/mol. The van der Waals surface area contributed by atoms with Gasteiger partial charge in [0.25, 0.3) is 0 Å². The Balaban J connectivity index is 4.38. The number of carbonyl (C=O) groups is 3. The predicted octanol–water partition coefficient (Wildman–Crippen LogP) is 22.2. The molecule has 6 nitrogen and oxygen atoms in total. The van der Waals surface area contributed by atoms with E-state index in [2.05, 4.69) is 154 Å². The summed E-state index contributed by atoms with van der Waals surface area (Å²) in [5, 5.41) is 0. The number of ether oxygens (including phenoxy) is 3. The molecule has 0 aliphatic rings. The molecule has 1 unspecified atom stereocenters. The van der Waals surface area contributed by atoms with Crippen molar-refractivity contribution in [3.05, 3.63) is 134 Å². The highest BCUT2D eigenvalue weighted by atomic mass is 16.6. The first-order valence-electron chi connectivity index (χ1n) is 32.2. The van der Waals surface area contributed by atoms with E-state index in [1.54, 1.807) is 0 Å². The summed E-state index contributed by atoms with van der Waals surface area (Å²) in [6, 6.07) is 0. The van der Waals surface area contributed by atoms with Crippen molar-refractivity contribution >= 4 is 17.9 Å². The van der Waals surface area contributed by atoms with Gasteiger partial charge in [0.2, 0.25) is 0 Å². The molecule has 0 bridgehead atoms. The molecule has 442 valence electrons. The third-order valence-corrected chi connectivity index (χ3v) is 13.4. The van der Waals surface area contributed by atoms with Gasteiger partial charge in [-0.25, -0.2) is 0 Å². The van der Waals surface area contributed by atoms with Crippen LogP contribution in [0.15, 0.2) is 134 Å². The van der Waals surface area contributed by atoms with Crippen LogP contribution in [0, 0.1) is 0 Å². The Kier molecular flexibility index (Phi) is 61.4. The number of unbranched alkanes of at least 4 members (excludes halogenated alkanes) is 24. The number of rotatable bonds is 57. The number of carbonyl (C=O) groups excluding carboxylic acids is 3. The van der Waals surface area contributed by atoms with Gasteiger partial charge < -0.3 is 14.2 Å². The lowest BCUT2D eigenvalue weighted by Gasteiger charge is -2.18. The molecule has 0 aliphatic carbocycles. The van der Waals surface area contributed by atoms with Crippen LogP contribution < -0.4 is 0 Å². The maximum Gasteiger partial charge on any atom is 0.306 e. The van der Waals surface area contributed by atoms with Gasteiger partial charge in [-0.1, -0.05) is 283 Å². The average molecular weight is 1080 g/mol. The molecule has 6 heteroatoms. The van der Waals surface area contributed by atoms with E-state index in [4.69, 9.17) is 14.2 Å². The molecule has 0 aromatic heterocycles. The summed E-state index contributed by atoms with van der Waals surface area (Å²) in [5.41, 5.74) is 0. The van der Waals surface area contributed by atoms with E-state index in [0.717, 1.165) is 148 Å². The maximum atomic E-state index is 12.9. The number of allylic oxidation sites excluding steroid dienone is 22. The minimum absolute atomic E-state index is 0.0971. The van der Waals surface area contributed by atoms with Crippen LogP contribution in [0.1, 0.15) is 284 Å². The van der Waals surface area contributed by atoms with Crippen LogP contribution in [-0.4, -0.2) is 37.2 Å². The summed E-state index contributed by atoms with van der Waals surface area (Å²) in [6.45, 7) is 6.46. The van der Waals surface area contributed by atoms with Crippen LogP contribution in [0.25, 0.3) is 0 Å². The van der Waals surface area contributed by atoms with Gasteiger partial charge >= 0.3 is 17.9 Å². The Morgan fingerprint density at radius 2 is 0.513 bits per heavy atom. The molecule has 0 heterocycles. The maximum absolute atomic E-state index is 12.9. The number of hydrogen-bond donors (Lipinski definition) is 0. The van der Waals surface area contributed by atoms with Gasteiger partial charge in [-0.15, -0.1) is 0 Å². The third-order valence-electron chi connectivity index (χ3n) is 13.4. The van der Waals surface area contributed by atoms with Gasteiger partial charge in [0.15, 0.2) is 6.10 Å². The molecule has 0 aliphatic heterocycles. The molecule has 0 saturated heterocycles. The standard InChI is InChI=1S/C72H118O6/c1-4-7-10-13-16-19-22-25-28-29-30-31-32-33-34-35-36-37-38-39-40-41-42-43-45-47-50-53-56-59-62-65-71(74)77-68-69(67-76-70(73)64-61-58-55-52-49-46-27-24-21-18-15-12-9-6-3)78-72(75)66-63-60-57-54-51-48-44-26-23-20-17-14-11-8-5-2/h7,10,15-16,18-19,24-25,27-28,30-31,33-34,36-37,39-40,42-43,47,50,69H,4-6,8-9,11-14,17,20-23,26,29,32,35,38,41,44-46,48-49,51-68H2,1-3H3/b10-7-,18-15-,19-16-,27-24-,28-25-,31-30-,34-33-,37-36-,40-39-,43-42-,50-47-. The second-order valence-electron chi connectivity index (χ2n) is 20.9. The first kappa shape index (κ1) is 73.5. The van der Waals surface area contributed by atoms with Gasteiger partial charge in [-0.2, -0.15) is 0 Å². The fourth-order valence-electron chi connectivity index (χ4n) is 8.57. The van der Waals surface area contributed by atoms with Crippen molar-refractivity contribution < 1.29 is 28.6 Å². The molecule has 0 N–H and O–H groups in total. The van der Waals surface area contributed by atoms with Gasteiger partial charge in [-0.05, 0) is 116 Å². The Labute approximate surface area is 481 Å². The van der Waals surface area contributed by atoms with Crippen LogP contribution >= 0.6 is 0 Å². The summed E-state index contributed by atoms with van der Waals surface area (Å²) in [4.78, 5) is 38.3. The van der Waals surface area contributed by atoms with E-state index < -0.39 is 6.10 Å². The molecule has 0 aromatic rings. The molecule has 0 saturated carbocycles. The van der Waals surface area contributed by atoms with Crippen molar-refractivity contribution in [2.75, 3.05) is 13.2 Å². The molecule has 0 radical (unpaired) electrons. The lowest BCUT2D eigenvalue weighted by molar-refractivity contribution is -0.167. The Morgan fingerprint density at radius 3 is 0.833 bits per heavy atom. The molecular weight excluding hydrogens is 961 g/mol. The van der Waals surface area contributed by atoms with Crippen molar-refractivity contribution in [1.29, 1.82) is 0 Å². The quantitative estimate of drug-likeness (QED) is 0.0261. The van der Waals surface area contributed by atoms with Gasteiger partial charge in [0.05, 0.1) is 0 Å². The second-order valence-corrected chi connectivity index (χ2v) is 20.9. The van der Waals surface area contributed by atoms with E-state index >= 15 is 0 Å². The molecule has 0 amide bonds. The van der Waals surface area contributed by atoms with Crippen molar-refractivity contribution in [2.45, 2.75) is 290 Å². The van der Waals surface area contributed by atoms with Crippen molar-refractivity contribution in [3.63, 3.8) is 0 Å². The van der Waals surface area contributed by atoms with Gasteiger partial charge in [0.1, 0.15) is 13.2 Å². The highest BCUT2D eigenvalue weighted by Gasteiger charge is 2.19. The Bertz CT molecular complexity index is 1670. The van der Waals surface area contributed by atoms with Gasteiger partial charge in [-0.3, -0.25) is 14.4 Å². The molecule has 0 aromatic carbocycles. The summed E-state index contributed by atoms with van der Waals surface area (Å²) in [6.07, 6.45) is 91.7. The van der Waals surface area contributed by atoms with Gasteiger partial charge in [0, 0.05) is 19.3 Å². The third kappa shape index (κ3) is 62.4. The fourth-order valence-corrected chi connectivity index (χ4v) is 8.57. The molecular formula is C72H118O6. The molecule has 78 heavy (non-hydrogen) atoms. The van der Waals surface area contributed by atoms with E-state index in [1.165, 1.54) is 96.3 Å². The minimum Gasteiger partial charge on any atom is -0.462 e. The van der Waals surface area contributed by atoms with E-state index in [1.807, 2.05) is 0 Å². The van der Waals surface area contributed by atoms with E-state index in [0.29, 0.717) is 19.3 Å². The monoisotopic (exact) mass is 1080 g/mol. The van der Waals surface area contributed by atoms with Crippen molar-refractivity contribution in [3.8, 4) is 0 Å². The Hall–Kier alpha value is -4.45. The normalized spacial score (nSPS) is 13.0. The smallest absolute Gasteiger partial charge is 0.306 e. The van der Waals surface area contributed by atoms with Crippen LogP contribution in [0.3, 0.4) is 0 Å². The number of hydrogen-bond acceptors (Lipinski definition) is 6. The zero-order valence-corrected chi connectivity index (χ0v) is 50.6. The summed E-state index contributed by atoms with van der Waals surface area (Å²) >= 11 is 0. The first-order valence-corrected chi connectivity index (χ1v) is 32.2. The van der Waals surface area contributed by atoms with Crippen LogP contribution in [0.5, 0.6) is 0 Å². The van der Waals surface area contributed by atoms with Crippen molar-refractivity contribution in [2.24, 2.45) is 0 Å². The average Bonchev–Trinajstić information content (AvgIpc) is 3.44. The minimum atomic E-state index is -0.801. The highest BCUT2D eigenvalue weighted by Crippen LogP contribution is 2.15. The fraction of sp³-hybridized carbons (Fsp3) is 0.653. The molecule has 1 atom stereocenters. The lowest BCUT2D eigenvalue weighted by Crippen LogP contribution is -2.30. The lowest BCUT2D eigenvalue weighted by atomic mass is 10.0. The highest BCUT2D eigenvalue weighted by molar-refractivity contribution is 5.71. The zero-order valence-electron chi connectivity index (χ0n) is 50.6. The summed E-state index contributed by atoms with van der Waals surface area (Å²) < 4.78 is 16.9. The van der Waals surface area contributed by atoms with Crippen LogP contribution in [-0.2, 0) is 28.6 Å².